The van der Waals surface area contributed by atoms with Gasteiger partial charge < -0.3 is 10.1 Å². The van der Waals surface area contributed by atoms with Gasteiger partial charge in [0, 0.05) is 4.88 Å². The van der Waals surface area contributed by atoms with Crippen LogP contribution < -0.4 is 5.56 Å². The topological polar surface area (TPSA) is 58.0 Å². The monoisotopic (exact) mass is 332 g/mol. The molecule has 3 rings (SSSR count). The van der Waals surface area contributed by atoms with Gasteiger partial charge in [-0.15, -0.1) is 11.3 Å². The van der Waals surface area contributed by atoms with Gasteiger partial charge in [0.15, 0.2) is 4.77 Å². The highest BCUT2D eigenvalue weighted by Gasteiger charge is 2.16. The number of aromatic hydroxyl groups is 1. The van der Waals surface area contributed by atoms with Crippen molar-refractivity contribution in [3.63, 3.8) is 0 Å². The second-order valence-electron chi connectivity index (χ2n) is 5.26. The molecule has 0 saturated heterocycles. The number of aryl methyl sites for hydroxylation is 3. The van der Waals surface area contributed by atoms with Crippen molar-refractivity contribution in [1.82, 2.24) is 9.55 Å². The molecule has 0 saturated carbocycles. The molecule has 0 bridgehead atoms. The van der Waals surface area contributed by atoms with Crippen molar-refractivity contribution in [3.05, 3.63) is 49.3 Å². The Balaban J connectivity index is 2.45. The van der Waals surface area contributed by atoms with Gasteiger partial charge in [0.25, 0.3) is 5.56 Å². The van der Waals surface area contributed by atoms with E-state index in [1.807, 2.05) is 26.8 Å². The molecule has 0 aliphatic rings. The summed E-state index contributed by atoms with van der Waals surface area (Å²) < 4.78 is 1.66. The summed E-state index contributed by atoms with van der Waals surface area (Å²) in [6, 6.07) is 5.19. The van der Waals surface area contributed by atoms with Crippen LogP contribution in [0.3, 0.4) is 0 Å². The molecular formula is C16H16N2O2S2. The minimum atomic E-state index is -0.181. The number of fused-ring (bicyclic) bond motifs is 1. The summed E-state index contributed by atoms with van der Waals surface area (Å²) in [5.41, 5.74) is 2.19. The van der Waals surface area contributed by atoms with Crippen molar-refractivity contribution in [1.29, 1.82) is 0 Å². The Labute approximate surface area is 136 Å². The molecule has 6 heteroatoms. The number of nitrogens with zero attached hydrogens (tertiary/aromatic N) is 1. The molecule has 0 aliphatic carbocycles. The van der Waals surface area contributed by atoms with Crippen molar-refractivity contribution in [2.45, 2.75) is 27.2 Å². The van der Waals surface area contributed by atoms with Crippen LogP contribution in [0.1, 0.15) is 22.9 Å². The van der Waals surface area contributed by atoms with E-state index in [2.05, 4.69) is 4.98 Å². The normalized spacial score (nSPS) is 11.2. The molecule has 0 fully saturated rings. The number of aromatic nitrogens is 2. The number of phenolic OH excluding ortho intramolecular Hbond substituents is 1. The lowest BCUT2D eigenvalue weighted by Crippen LogP contribution is -2.20. The Hall–Kier alpha value is -1.92. The van der Waals surface area contributed by atoms with Crippen molar-refractivity contribution < 1.29 is 5.11 Å². The number of phenols is 1. The molecule has 114 valence electrons. The highest BCUT2D eigenvalue weighted by molar-refractivity contribution is 7.71. The number of thiophene rings is 1. The number of H-pyrrole nitrogens is 1. The van der Waals surface area contributed by atoms with E-state index in [0.717, 1.165) is 27.3 Å². The SMILES string of the molecule is CCc1c(C)sc2[nH]c(=S)n(-c3ccc(C)cc3O)c(=O)c12. The molecule has 0 aliphatic heterocycles. The van der Waals surface area contributed by atoms with Gasteiger partial charge in [-0.2, -0.15) is 0 Å². The maximum atomic E-state index is 13.0. The summed E-state index contributed by atoms with van der Waals surface area (Å²) in [7, 11) is 0. The molecule has 0 atom stereocenters. The molecule has 2 aromatic heterocycles. The summed E-state index contributed by atoms with van der Waals surface area (Å²) in [5, 5.41) is 10.8. The molecule has 3 aromatic rings. The minimum absolute atomic E-state index is 0.0472. The van der Waals surface area contributed by atoms with E-state index in [1.165, 1.54) is 4.57 Å². The van der Waals surface area contributed by atoms with E-state index in [-0.39, 0.29) is 11.3 Å². The maximum absolute atomic E-state index is 13.0. The molecule has 0 radical (unpaired) electrons. The van der Waals surface area contributed by atoms with Crippen LogP contribution in [-0.4, -0.2) is 14.7 Å². The van der Waals surface area contributed by atoms with Crippen LogP contribution in [-0.2, 0) is 6.42 Å². The zero-order valence-electron chi connectivity index (χ0n) is 12.6. The standard InChI is InChI=1S/C16H16N2O2S2/c1-4-10-9(3)22-14-13(10)15(20)18(16(21)17-14)11-6-5-8(2)7-12(11)19/h5-7,19H,4H2,1-3H3,(H,17,21). The zero-order chi connectivity index (χ0) is 16.0. The first-order chi connectivity index (χ1) is 10.4. The van der Waals surface area contributed by atoms with Gasteiger partial charge in [0.1, 0.15) is 10.6 Å². The lowest BCUT2D eigenvalue weighted by Gasteiger charge is -2.09. The predicted octanol–water partition coefficient (Wildman–Crippen LogP) is 3.99. The van der Waals surface area contributed by atoms with Gasteiger partial charge in [0.2, 0.25) is 0 Å². The van der Waals surface area contributed by atoms with Crippen LogP contribution >= 0.6 is 23.6 Å². The van der Waals surface area contributed by atoms with Gasteiger partial charge in [-0.1, -0.05) is 13.0 Å². The van der Waals surface area contributed by atoms with E-state index in [0.29, 0.717) is 15.8 Å². The quantitative estimate of drug-likeness (QED) is 0.698. The van der Waals surface area contributed by atoms with Crippen LogP contribution in [0, 0.1) is 18.6 Å². The first-order valence-electron chi connectivity index (χ1n) is 7.01. The molecular weight excluding hydrogens is 316 g/mol. The summed E-state index contributed by atoms with van der Waals surface area (Å²) >= 11 is 6.88. The van der Waals surface area contributed by atoms with Gasteiger partial charge in [-0.25, -0.2) is 4.57 Å². The summed E-state index contributed by atoms with van der Waals surface area (Å²) in [5.74, 6) is 0.0472. The number of hydrogen-bond acceptors (Lipinski definition) is 4. The Morgan fingerprint density at radius 1 is 1.36 bits per heavy atom. The highest BCUT2D eigenvalue weighted by Crippen LogP contribution is 2.29. The van der Waals surface area contributed by atoms with E-state index in [9.17, 15) is 9.90 Å². The van der Waals surface area contributed by atoms with E-state index in [4.69, 9.17) is 12.2 Å². The fraction of sp³-hybridized carbons (Fsp3) is 0.250. The van der Waals surface area contributed by atoms with E-state index < -0.39 is 0 Å². The second kappa shape index (κ2) is 5.37. The van der Waals surface area contributed by atoms with Crippen LogP contribution in [0.25, 0.3) is 15.9 Å². The maximum Gasteiger partial charge on any atom is 0.268 e. The van der Waals surface area contributed by atoms with Crippen molar-refractivity contribution >= 4 is 33.8 Å². The van der Waals surface area contributed by atoms with E-state index >= 15 is 0 Å². The fourth-order valence-corrected chi connectivity index (χ4v) is 4.20. The smallest absolute Gasteiger partial charge is 0.268 e. The number of hydrogen-bond donors (Lipinski definition) is 2. The molecule has 1 aromatic carbocycles. The molecule has 2 N–H and O–H groups in total. The van der Waals surface area contributed by atoms with Gasteiger partial charge in [-0.3, -0.25) is 4.79 Å². The molecule has 0 unspecified atom stereocenters. The molecule has 0 spiro atoms. The van der Waals surface area contributed by atoms with E-state index in [1.54, 1.807) is 23.5 Å². The van der Waals surface area contributed by atoms with Crippen LogP contribution in [0.2, 0.25) is 0 Å². The number of rotatable bonds is 2. The van der Waals surface area contributed by atoms with Gasteiger partial charge >= 0.3 is 0 Å². The average Bonchev–Trinajstić information content (AvgIpc) is 2.76. The molecule has 0 amide bonds. The van der Waals surface area contributed by atoms with Gasteiger partial charge in [0.05, 0.1) is 11.1 Å². The van der Waals surface area contributed by atoms with Crippen LogP contribution in [0.4, 0.5) is 0 Å². The first-order valence-corrected chi connectivity index (χ1v) is 8.23. The average molecular weight is 332 g/mol. The Bertz CT molecular complexity index is 996. The van der Waals surface area contributed by atoms with Crippen LogP contribution in [0.5, 0.6) is 5.75 Å². The van der Waals surface area contributed by atoms with Crippen molar-refractivity contribution in [3.8, 4) is 11.4 Å². The Kier molecular flexibility index (Phi) is 3.66. The molecule has 4 nitrogen and oxygen atoms in total. The third kappa shape index (κ3) is 2.19. The Morgan fingerprint density at radius 3 is 2.73 bits per heavy atom. The van der Waals surface area contributed by atoms with Crippen molar-refractivity contribution in [2.75, 3.05) is 0 Å². The Morgan fingerprint density at radius 2 is 2.09 bits per heavy atom. The minimum Gasteiger partial charge on any atom is -0.506 e. The molecule has 22 heavy (non-hydrogen) atoms. The second-order valence-corrected chi connectivity index (χ2v) is 6.87. The lowest BCUT2D eigenvalue weighted by atomic mass is 10.1. The number of aromatic amines is 1. The summed E-state index contributed by atoms with van der Waals surface area (Å²) in [6.45, 7) is 5.92. The largest absolute Gasteiger partial charge is 0.506 e. The zero-order valence-corrected chi connectivity index (χ0v) is 14.2. The predicted molar refractivity (Wildman–Crippen MR) is 93.1 cm³/mol. The number of nitrogens with one attached hydrogen (secondary N) is 1. The summed E-state index contributed by atoms with van der Waals surface area (Å²) in [6.07, 6.45) is 0.783. The van der Waals surface area contributed by atoms with Gasteiger partial charge in [-0.05, 0) is 55.7 Å². The molecule has 2 heterocycles. The first kappa shape index (κ1) is 15.0. The van der Waals surface area contributed by atoms with Crippen LogP contribution in [0.15, 0.2) is 23.0 Å². The summed E-state index contributed by atoms with van der Waals surface area (Å²) in [4.78, 5) is 18.0. The third-order valence-electron chi connectivity index (χ3n) is 3.77. The third-order valence-corrected chi connectivity index (χ3v) is 5.12. The van der Waals surface area contributed by atoms with Crippen molar-refractivity contribution in [2.24, 2.45) is 0 Å². The highest BCUT2D eigenvalue weighted by atomic mass is 32.1. The number of benzene rings is 1. The lowest BCUT2D eigenvalue weighted by molar-refractivity contribution is 0.471. The fourth-order valence-electron chi connectivity index (χ4n) is 2.72.